The van der Waals surface area contributed by atoms with Gasteiger partial charge in [0.1, 0.15) is 0 Å². The van der Waals surface area contributed by atoms with E-state index in [0.717, 1.165) is 31.4 Å². The van der Waals surface area contributed by atoms with Crippen molar-refractivity contribution in [2.45, 2.75) is 50.6 Å². The largest absolute Gasteiger partial charge is 0.416 e. The van der Waals surface area contributed by atoms with E-state index in [4.69, 9.17) is 0 Å². The van der Waals surface area contributed by atoms with Crippen LogP contribution >= 0.6 is 0 Å². The van der Waals surface area contributed by atoms with E-state index in [-0.39, 0.29) is 18.7 Å². The molecule has 1 N–H and O–H groups in total. The average molecular weight is 482 g/mol. The van der Waals surface area contributed by atoms with Crippen molar-refractivity contribution in [2.75, 3.05) is 0 Å². The lowest BCUT2D eigenvalue weighted by Gasteiger charge is -2.14. The van der Waals surface area contributed by atoms with Crippen molar-refractivity contribution in [3.63, 3.8) is 0 Å². The Hall–Kier alpha value is -3.37. The van der Waals surface area contributed by atoms with Gasteiger partial charge in [-0.25, -0.2) is 0 Å². The van der Waals surface area contributed by atoms with Crippen molar-refractivity contribution in [1.82, 2.24) is 20.1 Å². The predicted molar refractivity (Wildman–Crippen MR) is 111 cm³/mol. The minimum absolute atomic E-state index is 0.0147. The Morgan fingerprint density at radius 1 is 0.971 bits per heavy atom. The lowest BCUT2D eigenvalue weighted by molar-refractivity contribution is -0.143. The monoisotopic (exact) mass is 482 g/mol. The molecule has 5 nitrogen and oxygen atoms in total. The molecule has 0 unspecified atom stereocenters. The molecule has 1 aromatic carbocycles. The molecule has 1 fully saturated rings. The number of amides is 1. The van der Waals surface area contributed by atoms with Gasteiger partial charge in [-0.2, -0.15) is 31.4 Å². The van der Waals surface area contributed by atoms with E-state index in [1.165, 1.54) is 0 Å². The van der Waals surface area contributed by atoms with Gasteiger partial charge in [0.15, 0.2) is 0 Å². The molecular formula is C23H20F6N4O. The van der Waals surface area contributed by atoms with Crippen LogP contribution in [0.4, 0.5) is 26.3 Å². The second kappa shape index (κ2) is 9.11. The molecule has 0 radical (unpaired) electrons. The molecule has 2 heterocycles. The van der Waals surface area contributed by atoms with Gasteiger partial charge >= 0.3 is 12.4 Å². The number of nitrogens with one attached hydrogen (secondary N) is 1. The van der Waals surface area contributed by atoms with E-state index in [9.17, 15) is 31.1 Å². The third kappa shape index (κ3) is 5.23. The summed E-state index contributed by atoms with van der Waals surface area (Å²) in [6.07, 6.45) is -4.48. The Balaban J connectivity index is 1.59. The summed E-state index contributed by atoms with van der Waals surface area (Å²) in [5.74, 6) is -1.06. The summed E-state index contributed by atoms with van der Waals surface area (Å²) in [5, 5.41) is 6.94. The van der Waals surface area contributed by atoms with E-state index < -0.39 is 35.0 Å². The number of carbonyl (C=O) groups is 1. The van der Waals surface area contributed by atoms with Crippen LogP contribution in [0.3, 0.4) is 0 Å². The minimum Gasteiger partial charge on any atom is -0.346 e. The first-order valence-electron chi connectivity index (χ1n) is 10.6. The van der Waals surface area contributed by atoms with Crippen LogP contribution in [0.2, 0.25) is 0 Å². The molecule has 0 spiro atoms. The van der Waals surface area contributed by atoms with E-state index in [1.807, 2.05) is 16.8 Å². The number of nitrogens with zero attached hydrogens (tertiary/aromatic N) is 3. The minimum atomic E-state index is -5.03. The number of benzene rings is 1. The molecule has 1 amide bonds. The van der Waals surface area contributed by atoms with E-state index in [0.29, 0.717) is 23.5 Å². The van der Waals surface area contributed by atoms with Crippen molar-refractivity contribution in [3.8, 4) is 11.4 Å². The predicted octanol–water partition coefficient (Wildman–Crippen LogP) is 6.03. The lowest BCUT2D eigenvalue weighted by Crippen LogP contribution is -2.24. The highest BCUT2D eigenvalue weighted by atomic mass is 19.4. The third-order valence-corrected chi connectivity index (χ3v) is 5.66. The molecule has 1 saturated carbocycles. The Bertz CT molecular complexity index is 1130. The second-order valence-corrected chi connectivity index (χ2v) is 8.10. The Kier molecular flexibility index (Phi) is 6.37. The molecular weight excluding hydrogens is 462 g/mol. The van der Waals surface area contributed by atoms with Crippen molar-refractivity contribution in [3.05, 3.63) is 71.0 Å². The zero-order valence-corrected chi connectivity index (χ0v) is 17.7. The van der Waals surface area contributed by atoms with Gasteiger partial charge < -0.3 is 5.32 Å². The summed E-state index contributed by atoms with van der Waals surface area (Å²) in [4.78, 5) is 16.8. The van der Waals surface area contributed by atoms with Gasteiger partial charge in [0.05, 0.1) is 40.8 Å². The zero-order valence-electron chi connectivity index (χ0n) is 17.7. The van der Waals surface area contributed by atoms with Gasteiger partial charge in [0, 0.05) is 11.8 Å². The maximum absolute atomic E-state index is 13.1. The fraction of sp³-hybridized carbons (Fsp3) is 0.348. The number of halogens is 6. The third-order valence-electron chi connectivity index (χ3n) is 5.66. The Morgan fingerprint density at radius 3 is 2.18 bits per heavy atom. The molecule has 1 aliphatic rings. The molecule has 34 heavy (non-hydrogen) atoms. The van der Waals surface area contributed by atoms with Gasteiger partial charge in [-0.05, 0) is 49.2 Å². The molecule has 0 saturated heterocycles. The van der Waals surface area contributed by atoms with Crippen LogP contribution < -0.4 is 5.32 Å². The first-order chi connectivity index (χ1) is 16.0. The standard InChI is InChI=1S/C23H20F6N4O/c24-22(25,26)15-9-14(10-16(11-15)23(27,28)29)21(34)31-13-17-12-20(19-7-3-4-8-30-19)33(32-17)18-5-1-2-6-18/h3-4,7-12,18H,1-2,5-6,13H2,(H,31,34). The topological polar surface area (TPSA) is 59.8 Å². The molecule has 0 aliphatic heterocycles. The number of alkyl halides is 6. The van der Waals surface area contributed by atoms with E-state index in [2.05, 4.69) is 15.4 Å². The quantitative estimate of drug-likeness (QED) is 0.452. The molecule has 3 aromatic rings. The smallest absolute Gasteiger partial charge is 0.346 e. The van der Waals surface area contributed by atoms with E-state index in [1.54, 1.807) is 18.3 Å². The summed E-state index contributed by atoms with van der Waals surface area (Å²) in [6, 6.07) is 8.06. The molecule has 2 aromatic heterocycles. The molecule has 11 heteroatoms. The number of carbonyl (C=O) groups excluding carboxylic acids is 1. The van der Waals surface area contributed by atoms with Gasteiger partial charge in [-0.15, -0.1) is 0 Å². The maximum Gasteiger partial charge on any atom is 0.416 e. The summed E-state index contributed by atoms with van der Waals surface area (Å²) >= 11 is 0. The van der Waals surface area contributed by atoms with Crippen LogP contribution in [0.25, 0.3) is 11.4 Å². The molecule has 4 rings (SSSR count). The fourth-order valence-corrected chi connectivity index (χ4v) is 4.02. The second-order valence-electron chi connectivity index (χ2n) is 8.10. The normalized spacial score (nSPS) is 15.0. The van der Waals surface area contributed by atoms with Crippen molar-refractivity contribution < 1.29 is 31.1 Å². The van der Waals surface area contributed by atoms with Crippen LogP contribution in [-0.4, -0.2) is 20.7 Å². The van der Waals surface area contributed by atoms with Crippen molar-refractivity contribution in [2.24, 2.45) is 0 Å². The number of aromatic nitrogens is 3. The Labute approximate surface area is 190 Å². The fourth-order valence-electron chi connectivity index (χ4n) is 4.02. The molecule has 0 bridgehead atoms. The highest BCUT2D eigenvalue weighted by Crippen LogP contribution is 2.36. The molecule has 180 valence electrons. The molecule has 1 aliphatic carbocycles. The highest BCUT2D eigenvalue weighted by Gasteiger charge is 2.37. The SMILES string of the molecule is O=C(NCc1cc(-c2ccccn2)n(C2CCCC2)n1)c1cc(C(F)(F)F)cc(C(F)(F)F)c1. The zero-order chi connectivity index (χ0) is 24.5. The summed E-state index contributed by atoms with van der Waals surface area (Å²) < 4.78 is 80.4. The van der Waals surface area contributed by atoms with Crippen molar-refractivity contribution >= 4 is 5.91 Å². The van der Waals surface area contributed by atoms with E-state index >= 15 is 0 Å². The van der Waals surface area contributed by atoms with Gasteiger partial charge in [-0.1, -0.05) is 18.9 Å². The first kappa shape index (κ1) is 23.8. The maximum atomic E-state index is 13.1. The first-order valence-corrected chi connectivity index (χ1v) is 10.6. The summed E-state index contributed by atoms with van der Waals surface area (Å²) in [7, 11) is 0. The number of pyridine rings is 1. The van der Waals surface area contributed by atoms with Crippen LogP contribution in [0.5, 0.6) is 0 Å². The highest BCUT2D eigenvalue weighted by molar-refractivity contribution is 5.94. The lowest BCUT2D eigenvalue weighted by atomic mass is 10.0. The van der Waals surface area contributed by atoms with Crippen LogP contribution in [0.15, 0.2) is 48.7 Å². The average Bonchev–Trinajstić information content (AvgIpc) is 3.46. The number of hydrogen-bond donors (Lipinski definition) is 1. The van der Waals surface area contributed by atoms with Gasteiger partial charge in [0.25, 0.3) is 5.91 Å². The van der Waals surface area contributed by atoms with Crippen LogP contribution in [0, 0.1) is 0 Å². The number of rotatable bonds is 5. The Morgan fingerprint density at radius 2 is 1.62 bits per heavy atom. The van der Waals surface area contributed by atoms with Crippen molar-refractivity contribution in [1.29, 1.82) is 0 Å². The number of hydrogen-bond acceptors (Lipinski definition) is 3. The summed E-state index contributed by atoms with van der Waals surface area (Å²) in [5.41, 5.74) is -2.00. The summed E-state index contributed by atoms with van der Waals surface area (Å²) in [6.45, 7) is -0.171. The van der Waals surface area contributed by atoms with Gasteiger partial charge in [0.2, 0.25) is 0 Å². The molecule has 0 atom stereocenters. The van der Waals surface area contributed by atoms with Crippen LogP contribution in [0.1, 0.15) is 58.9 Å². The van der Waals surface area contributed by atoms with Gasteiger partial charge in [-0.3, -0.25) is 14.5 Å². The van der Waals surface area contributed by atoms with Crippen LogP contribution in [-0.2, 0) is 18.9 Å².